The quantitative estimate of drug-likeness (QED) is 0.162. The van der Waals surface area contributed by atoms with Gasteiger partial charge in [0.05, 0.1) is 24.7 Å². The Morgan fingerprint density at radius 1 is 1.20 bits per heavy atom. The molecule has 2 bridgehead atoms. The smallest absolute Gasteiger partial charge is 0.393 e. The molecule has 4 heterocycles. The van der Waals surface area contributed by atoms with E-state index in [1.54, 1.807) is 12.1 Å². The third-order valence-electron chi connectivity index (χ3n) is 8.03. The third kappa shape index (κ3) is 7.13. The lowest BCUT2D eigenvalue weighted by Crippen LogP contribution is -2.53. The van der Waals surface area contributed by atoms with Crippen molar-refractivity contribution in [3.8, 4) is 17.6 Å². The number of rotatable bonds is 9. The molecule has 0 aliphatic carbocycles. The van der Waals surface area contributed by atoms with Gasteiger partial charge in [-0.3, -0.25) is 4.90 Å². The second kappa shape index (κ2) is 12.6. The van der Waals surface area contributed by atoms with Crippen molar-refractivity contribution in [3.63, 3.8) is 0 Å². The fraction of sp³-hybridized carbons (Fsp3) is 0.500. The van der Waals surface area contributed by atoms with Crippen molar-refractivity contribution in [2.24, 2.45) is 0 Å². The first kappa shape index (κ1) is 32.0. The number of piperidine rings is 1. The van der Waals surface area contributed by atoms with E-state index in [0.717, 1.165) is 12.8 Å². The van der Waals surface area contributed by atoms with Crippen LogP contribution in [0.15, 0.2) is 34.7 Å². The highest BCUT2D eigenvalue weighted by molar-refractivity contribution is 7.69. The average molecular weight is 643 g/mol. The summed E-state index contributed by atoms with van der Waals surface area (Å²) in [6.07, 6.45) is -7.48. The summed E-state index contributed by atoms with van der Waals surface area (Å²) in [7, 11) is -0.888. The van der Waals surface area contributed by atoms with E-state index in [1.807, 2.05) is 7.05 Å². The van der Waals surface area contributed by atoms with Crippen molar-refractivity contribution in [1.29, 1.82) is 0 Å². The molecule has 44 heavy (non-hydrogen) atoms. The highest BCUT2D eigenvalue weighted by atomic mass is 31.2. The first-order chi connectivity index (χ1) is 20.7. The third-order valence-corrected chi connectivity index (χ3v) is 9.38. The molecule has 0 amide bonds. The lowest BCUT2D eigenvalue weighted by atomic mass is 9.95. The van der Waals surface area contributed by atoms with Crippen LogP contribution >= 0.6 is 7.14 Å². The molecule has 14 heteroatoms. The maximum Gasteiger partial charge on any atom is 0.393 e. The Balaban J connectivity index is 1.40. The minimum Gasteiger partial charge on any atom is -0.477 e. The Kier molecular flexibility index (Phi) is 9.15. The number of nitrogens with zero attached hydrogens (tertiary/aromatic N) is 2. The molecule has 0 unspecified atom stereocenters. The van der Waals surface area contributed by atoms with Gasteiger partial charge in [-0.15, -0.1) is 0 Å². The van der Waals surface area contributed by atoms with Crippen LogP contribution in [0.3, 0.4) is 0 Å². The summed E-state index contributed by atoms with van der Waals surface area (Å²) in [5, 5.41) is 5.86. The normalized spacial score (nSPS) is 22.2. The van der Waals surface area contributed by atoms with Crippen molar-refractivity contribution >= 4 is 35.1 Å². The van der Waals surface area contributed by atoms with Gasteiger partial charge in [-0.2, -0.15) is 13.2 Å². The molecule has 2 aromatic heterocycles. The van der Waals surface area contributed by atoms with Crippen LogP contribution in [0, 0.1) is 11.8 Å². The molecular formula is C30H33F6N4O3P. The van der Waals surface area contributed by atoms with Gasteiger partial charge in [0.15, 0.2) is 22.9 Å². The molecule has 0 spiro atoms. The van der Waals surface area contributed by atoms with Gasteiger partial charge in [0.1, 0.15) is 25.4 Å². The first-order valence-electron chi connectivity index (χ1n) is 14.1. The van der Waals surface area contributed by atoms with Crippen LogP contribution in [0.25, 0.3) is 11.0 Å². The Morgan fingerprint density at radius 2 is 1.98 bits per heavy atom. The van der Waals surface area contributed by atoms with Gasteiger partial charge in [0.25, 0.3) is 6.43 Å². The van der Waals surface area contributed by atoms with E-state index in [9.17, 15) is 26.5 Å². The number of furan rings is 1. The summed E-state index contributed by atoms with van der Waals surface area (Å²) in [5.74, 6) is 5.03. The van der Waals surface area contributed by atoms with Crippen molar-refractivity contribution in [2.75, 3.05) is 44.2 Å². The highest BCUT2D eigenvalue weighted by Crippen LogP contribution is 2.40. The van der Waals surface area contributed by atoms with Crippen LogP contribution in [0.4, 0.5) is 37.8 Å². The molecule has 4 atom stereocenters. The number of para-hydroxylation sites is 1. The molecule has 2 aliphatic heterocycles. The Morgan fingerprint density at radius 3 is 2.68 bits per heavy atom. The molecule has 0 radical (unpaired) electrons. The lowest BCUT2D eigenvalue weighted by Gasteiger charge is -2.39. The van der Waals surface area contributed by atoms with Gasteiger partial charge in [0.2, 0.25) is 0 Å². The Bertz CT molecular complexity index is 1610. The van der Waals surface area contributed by atoms with Crippen LogP contribution in [-0.2, 0) is 11.0 Å². The zero-order valence-electron chi connectivity index (χ0n) is 24.4. The molecular weight excluding hydrogens is 609 g/mol. The zero-order valence-corrected chi connectivity index (χ0v) is 25.2. The standard InChI is InChI=1S/C30H33F6N4O3P/c1-40-17-9-10-22(40)27(33)21(14-17)38-20-7-4-6-18-19(15-30(34,35)36)23(43-28(18)20)8-5-13-42-24-11-12-26(44(2,3)41)39-29(24)37-16-25(31)32/h4,6-7,11-12,17,21-22,25,27,38H,9-10,13-16H2,1-3H3,(H,37,39)/t17-,21-,22+,27-/m1/s1. The summed E-state index contributed by atoms with van der Waals surface area (Å²) < 4.78 is 106. The average Bonchev–Trinajstić information content (AvgIpc) is 3.42. The fourth-order valence-corrected chi connectivity index (χ4v) is 6.66. The van der Waals surface area contributed by atoms with Crippen molar-refractivity contribution < 1.29 is 40.1 Å². The molecule has 2 aliphatic rings. The van der Waals surface area contributed by atoms with Crippen LogP contribution in [0.1, 0.15) is 30.6 Å². The second-order valence-electron chi connectivity index (χ2n) is 11.5. The minimum atomic E-state index is -4.55. The van der Waals surface area contributed by atoms with Crippen LogP contribution in [0.2, 0.25) is 0 Å². The van der Waals surface area contributed by atoms with E-state index in [0.29, 0.717) is 12.1 Å². The van der Waals surface area contributed by atoms with Crippen molar-refractivity contribution in [2.45, 2.75) is 62.6 Å². The number of pyridine rings is 1. The molecule has 2 saturated heterocycles. The Labute approximate surface area is 251 Å². The van der Waals surface area contributed by atoms with Crippen molar-refractivity contribution in [1.82, 2.24) is 9.88 Å². The van der Waals surface area contributed by atoms with E-state index in [1.165, 1.54) is 31.5 Å². The fourth-order valence-electron chi connectivity index (χ4n) is 5.88. The number of halogens is 6. The number of anilines is 2. The van der Waals surface area contributed by atoms with E-state index in [4.69, 9.17) is 9.15 Å². The number of hydrogen-bond donors (Lipinski definition) is 2. The lowest BCUT2D eigenvalue weighted by molar-refractivity contribution is -0.127. The Hall–Kier alpha value is -3.36. The summed E-state index contributed by atoms with van der Waals surface area (Å²) in [5.41, 5.74) is 0.591. The molecule has 2 fully saturated rings. The SMILES string of the molecule is CN1[C@@H]2CC[C@H]1[C@H](F)[C@H](Nc1cccc3c(CC(F)(F)F)c(C#CCOc4ccc(P(C)(C)=O)nc4NCC(F)F)oc13)C2. The van der Waals surface area contributed by atoms with Gasteiger partial charge in [0, 0.05) is 23.0 Å². The molecule has 238 valence electrons. The van der Waals surface area contributed by atoms with Crippen molar-refractivity contribution in [3.05, 3.63) is 41.7 Å². The maximum atomic E-state index is 15.3. The second-order valence-corrected chi connectivity index (χ2v) is 14.7. The number of nitrogens with one attached hydrogen (secondary N) is 2. The van der Waals surface area contributed by atoms with E-state index in [-0.39, 0.29) is 58.0 Å². The molecule has 0 saturated carbocycles. The number of alkyl halides is 6. The highest BCUT2D eigenvalue weighted by Gasteiger charge is 2.46. The van der Waals surface area contributed by atoms with E-state index >= 15 is 4.39 Å². The van der Waals surface area contributed by atoms with Crippen LogP contribution < -0.4 is 20.8 Å². The summed E-state index contributed by atoms with van der Waals surface area (Å²) in [6, 6.07) is 7.11. The van der Waals surface area contributed by atoms with Crippen LogP contribution in [-0.4, -0.2) is 80.3 Å². The molecule has 7 nitrogen and oxygen atoms in total. The maximum absolute atomic E-state index is 15.3. The van der Waals surface area contributed by atoms with E-state index < -0.39 is 44.9 Å². The molecule has 2 N–H and O–H groups in total. The predicted octanol–water partition coefficient (Wildman–Crippen LogP) is 6.27. The van der Waals surface area contributed by atoms with Crippen LogP contribution in [0.5, 0.6) is 5.75 Å². The molecule has 5 rings (SSSR count). The largest absolute Gasteiger partial charge is 0.477 e. The molecule has 1 aromatic carbocycles. The predicted molar refractivity (Wildman–Crippen MR) is 158 cm³/mol. The summed E-state index contributed by atoms with van der Waals surface area (Å²) in [4.78, 5) is 6.21. The van der Waals surface area contributed by atoms with Gasteiger partial charge < -0.3 is 24.4 Å². The topological polar surface area (TPSA) is 79.6 Å². The number of ether oxygens (including phenoxy) is 1. The van der Waals surface area contributed by atoms with Gasteiger partial charge in [-0.25, -0.2) is 18.2 Å². The molecule has 3 aromatic rings. The van der Waals surface area contributed by atoms with E-state index in [2.05, 4.69) is 32.4 Å². The number of aromatic nitrogens is 1. The monoisotopic (exact) mass is 642 g/mol. The number of benzene rings is 1. The number of fused-ring (bicyclic) bond motifs is 3. The summed E-state index contributed by atoms with van der Waals surface area (Å²) >= 11 is 0. The van der Waals surface area contributed by atoms with Gasteiger partial charge in [-0.05, 0) is 63.8 Å². The van der Waals surface area contributed by atoms with Gasteiger partial charge in [-0.1, -0.05) is 18.1 Å². The number of hydrogen-bond acceptors (Lipinski definition) is 7. The zero-order chi connectivity index (χ0) is 31.8. The summed E-state index contributed by atoms with van der Waals surface area (Å²) in [6.45, 7) is 1.90. The van der Waals surface area contributed by atoms with Gasteiger partial charge >= 0.3 is 6.18 Å². The first-order valence-corrected chi connectivity index (χ1v) is 16.8. The minimum absolute atomic E-state index is 0.0524.